The van der Waals surface area contributed by atoms with E-state index < -0.39 is 17.6 Å². The number of anilines is 1. The maximum atomic E-state index is 11.5. The Labute approximate surface area is 101 Å². The van der Waals surface area contributed by atoms with Crippen LogP contribution in [0.25, 0.3) is 0 Å². The van der Waals surface area contributed by atoms with E-state index in [0.29, 0.717) is 5.69 Å². The third-order valence-corrected chi connectivity index (χ3v) is 2.44. The van der Waals surface area contributed by atoms with Gasteiger partial charge in [0.15, 0.2) is 11.7 Å². The Kier molecular flexibility index (Phi) is 4.20. The third-order valence-electron chi connectivity index (χ3n) is 1.91. The van der Waals surface area contributed by atoms with Gasteiger partial charge in [-0.15, -0.1) is 0 Å². The highest BCUT2D eigenvalue weighted by molar-refractivity contribution is 9.10. The highest BCUT2D eigenvalue weighted by atomic mass is 79.9. The van der Waals surface area contributed by atoms with Gasteiger partial charge in [-0.3, -0.25) is 9.59 Å². The van der Waals surface area contributed by atoms with Crippen molar-refractivity contribution in [3.8, 4) is 6.07 Å². The lowest BCUT2D eigenvalue weighted by Gasteiger charge is -2.07. The molecule has 0 saturated heterocycles. The highest BCUT2D eigenvalue weighted by Crippen LogP contribution is 2.14. The minimum atomic E-state index is -1.25. The molecule has 5 heteroatoms. The Morgan fingerprint density at radius 2 is 1.94 bits per heavy atom. The Hall–Kier alpha value is -1.67. The van der Waals surface area contributed by atoms with Crippen molar-refractivity contribution in [3.05, 3.63) is 28.7 Å². The number of nitrogens with zero attached hydrogens (tertiary/aromatic N) is 1. The van der Waals surface area contributed by atoms with E-state index >= 15 is 0 Å². The number of amides is 1. The van der Waals surface area contributed by atoms with Crippen LogP contribution in [0.1, 0.15) is 6.92 Å². The second-order valence-corrected chi connectivity index (χ2v) is 4.08. The summed E-state index contributed by atoms with van der Waals surface area (Å²) in [6.45, 7) is 1.22. The average molecular weight is 281 g/mol. The molecule has 0 saturated carbocycles. The smallest absolute Gasteiger partial charge is 0.249 e. The van der Waals surface area contributed by atoms with Gasteiger partial charge in [-0.25, -0.2) is 0 Å². The van der Waals surface area contributed by atoms with E-state index in [1.807, 2.05) is 0 Å². The van der Waals surface area contributed by atoms with Gasteiger partial charge in [0.1, 0.15) is 0 Å². The summed E-state index contributed by atoms with van der Waals surface area (Å²) in [6.07, 6.45) is 0. The van der Waals surface area contributed by atoms with Crippen LogP contribution in [-0.2, 0) is 9.59 Å². The zero-order chi connectivity index (χ0) is 12.1. The number of ketones is 1. The molecular formula is C11H9BrN2O2. The predicted molar refractivity (Wildman–Crippen MR) is 62.6 cm³/mol. The van der Waals surface area contributed by atoms with E-state index in [1.165, 1.54) is 6.92 Å². The molecule has 16 heavy (non-hydrogen) atoms. The molecule has 0 radical (unpaired) electrons. The van der Waals surface area contributed by atoms with Gasteiger partial charge in [-0.2, -0.15) is 5.26 Å². The highest BCUT2D eigenvalue weighted by Gasteiger charge is 2.22. The molecule has 0 fully saturated rings. The molecule has 1 aromatic carbocycles. The van der Waals surface area contributed by atoms with E-state index in [-0.39, 0.29) is 0 Å². The first-order valence-electron chi connectivity index (χ1n) is 4.51. The first-order chi connectivity index (χ1) is 7.54. The molecule has 1 unspecified atom stereocenters. The fraction of sp³-hybridized carbons (Fsp3) is 0.182. The third kappa shape index (κ3) is 3.17. The lowest BCUT2D eigenvalue weighted by molar-refractivity contribution is -0.127. The van der Waals surface area contributed by atoms with Crippen molar-refractivity contribution in [2.24, 2.45) is 5.92 Å². The Morgan fingerprint density at radius 3 is 2.38 bits per heavy atom. The number of benzene rings is 1. The van der Waals surface area contributed by atoms with Crippen LogP contribution in [-0.4, -0.2) is 11.7 Å². The van der Waals surface area contributed by atoms with Crippen LogP contribution in [0.15, 0.2) is 28.7 Å². The molecule has 0 aliphatic heterocycles. The zero-order valence-electron chi connectivity index (χ0n) is 8.53. The number of hydrogen-bond donors (Lipinski definition) is 1. The van der Waals surface area contributed by atoms with Gasteiger partial charge >= 0.3 is 0 Å². The molecule has 1 atom stereocenters. The predicted octanol–water partition coefficient (Wildman–Crippen LogP) is 2.12. The summed E-state index contributed by atoms with van der Waals surface area (Å²) in [4.78, 5) is 22.5. The standard InChI is InChI=1S/C11H9BrN2O2/c1-7(15)10(6-13)11(16)14-9-4-2-8(12)3-5-9/h2-5,10H,1H3,(H,14,16). The molecule has 1 amide bonds. The van der Waals surface area contributed by atoms with Crippen LogP contribution in [0, 0.1) is 17.2 Å². The minimum absolute atomic E-state index is 0.461. The normalized spacial score (nSPS) is 11.3. The Morgan fingerprint density at radius 1 is 1.38 bits per heavy atom. The van der Waals surface area contributed by atoms with Gasteiger partial charge in [-0.05, 0) is 31.2 Å². The van der Waals surface area contributed by atoms with Crippen LogP contribution in [0.5, 0.6) is 0 Å². The molecule has 0 aliphatic carbocycles. The summed E-state index contributed by atoms with van der Waals surface area (Å²) in [5.74, 6) is -2.31. The summed E-state index contributed by atoms with van der Waals surface area (Å²) in [7, 11) is 0. The van der Waals surface area contributed by atoms with Crippen LogP contribution in [0.3, 0.4) is 0 Å². The van der Waals surface area contributed by atoms with Crippen molar-refractivity contribution in [2.45, 2.75) is 6.92 Å². The van der Waals surface area contributed by atoms with Crippen molar-refractivity contribution >= 4 is 33.3 Å². The second kappa shape index (κ2) is 5.42. The molecule has 1 aromatic rings. The van der Waals surface area contributed by atoms with Crippen LogP contribution in [0.4, 0.5) is 5.69 Å². The fourth-order valence-electron chi connectivity index (χ4n) is 1.08. The van der Waals surface area contributed by atoms with Crippen molar-refractivity contribution in [3.63, 3.8) is 0 Å². The second-order valence-electron chi connectivity index (χ2n) is 3.17. The largest absolute Gasteiger partial charge is 0.325 e. The van der Waals surface area contributed by atoms with Gasteiger partial charge in [0.25, 0.3) is 0 Å². The van der Waals surface area contributed by atoms with E-state index in [1.54, 1.807) is 30.3 Å². The van der Waals surface area contributed by atoms with E-state index in [9.17, 15) is 9.59 Å². The number of nitriles is 1. The lowest BCUT2D eigenvalue weighted by atomic mass is 10.1. The number of halogens is 1. The number of carbonyl (C=O) groups excluding carboxylic acids is 2. The van der Waals surface area contributed by atoms with Gasteiger partial charge < -0.3 is 5.32 Å². The summed E-state index contributed by atoms with van der Waals surface area (Å²) in [5, 5.41) is 11.1. The molecule has 0 aromatic heterocycles. The summed E-state index contributed by atoms with van der Waals surface area (Å²) < 4.78 is 0.883. The average Bonchev–Trinajstić information content (AvgIpc) is 2.22. The molecule has 4 nitrogen and oxygen atoms in total. The molecule has 0 spiro atoms. The van der Waals surface area contributed by atoms with Gasteiger partial charge in [0.05, 0.1) is 6.07 Å². The molecule has 1 rings (SSSR count). The first kappa shape index (κ1) is 12.4. The van der Waals surface area contributed by atoms with Crippen molar-refractivity contribution in [1.82, 2.24) is 0 Å². The first-order valence-corrected chi connectivity index (χ1v) is 5.30. The molecule has 1 N–H and O–H groups in total. The number of carbonyl (C=O) groups is 2. The maximum Gasteiger partial charge on any atom is 0.249 e. The van der Waals surface area contributed by atoms with Crippen LogP contribution in [0.2, 0.25) is 0 Å². The number of Topliss-reactive ketones (excluding diaryl/α,β-unsaturated/α-hetero) is 1. The quantitative estimate of drug-likeness (QED) is 0.863. The fourth-order valence-corrected chi connectivity index (χ4v) is 1.35. The number of nitrogens with one attached hydrogen (secondary N) is 1. The van der Waals surface area contributed by atoms with Gasteiger partial charge in [0, 0.05) is 10.2 Å². The molecule has 82 valence electrons. The number of rotatable bonds is 3. The van der Waals surface area contributed by atoms with Crippen molar-refractivity contribution in [2.75, 3.05) is 5.32 Å². The topological polar surface area (TPSA) is 70.0 Å². The van der Waals surface area contributed by atoms with E-state index in [2.05, 4.69) is 21.2 Å². The van der Waals surface area contributed by atoms with Crippen LogP contribution >= 0.6 is 15.9 Å². The summed E-state index contributed by atoms with van der Waals surface area (Å²) in [6, 6.07) is 8.53. The summed E-state index contributed by atoms with van der Waals surface area (Å²) in [5.41, 5.74) is 0.551. The van der Waals surface area contributed by atoms with Crippen LogP contribution < -0.4 is 5.32 Å². The Balaban J connectivity index is 2.75. The summed E-state index contributed by atoms with van der Waals surface area (Å²) >= 11 is 3.26. The zero-order valence-corrected chi connectivity index (χ0v) is 10.1. The monoisotopic (exact) mass is 280 g/mol. The minimum Gasteiger partial charge on any atom is -0.325 e. The SMILES string of the molecule is CC(=O)C(C#N)C(=O)Nc1ccc(Br)cc1. The Bertz CT molecular complexity index is 448. The van der Waals surface area contributed by atoms with Crippen molar-refractivity contribution in [1.29, 1.82) is 5.26 Å². The van der Waals surface area contributed by atoms with E-state index in [4.69, 9.17) is 5.26 Å². The maximum absolute atomic E-state index is 11.5. The van der Waals surface area contributed by atoms with Crippen molar-refractivity contribution < 1.29 is 9.59 Å². The lowest BCUT2D eigenvalue weighted by Crippen LogP contribution is -2.26. The van der Waals surface area contributed by atoms with Gasteiger partial charge in [-0.1, -0.05) is 15.9 Å². The van der Waals surface area contributed by atoms with Gasteiger partial charge in [0.2, 0.25) is 5.91 Å². The molecular weight excluding hydrogens is 272 g/mol. The number of hydrogen-bond acceptors (Lipinski definition) is 3. The van der Waals surface area contributed by atoms with E-state index in [0.717, 1.165) is 4.47 Å². The molecule has 0 heterocycles. The molecule has 0 bridgehead atoms. The molecule has 0 aliphatic rings.